The molecule has 0 aromatic heterocycles. The zero-order chi connectivity index (χ0) is 10.6. The van der Waals surface area contributed by atoms with Gasteiger partial charge in [-0.3, -0.25) is 0 Å². The number of rotatable bonds is 3. The van der Waals surface area contributed by atoms with Crippen molar-refractivity contribution in [3.63, 3.8) is 0 Å². The van der Waals surface area contributed by atoms with Crippen LogP contribution >= 0.6 is 0 Å². The molecule has 0 saturated carbocycles. The summed E-state index contributed by atoms with van der Waals surface area (Å²) in [5.41, 5.74) is 11.4. The first-order chi connectivity index (χ1) is 6.59. The predicted octanol–water partition coefficient (Wildman–Crippen LogP) is -0.667. The number of aliphatic imine (C=N–C) groups is 1. The van der Waals surface area contributed by atoms with Gasteiger partial charge in [-0.15, -0.1) is 0 Å². The molecule has 15 heavy (non-hydrogen) atoms. The van der Waals surface area contributed by atoms with E-state index < -0.39 is 5.97 Å². The Morgan fingerprint density at radius 3 is 2.20 bits per heavy atom. The molecule has 0 radical (unpaired) electrons. The van der Waals surface area contributed by atoms with Gasteiger partial charge in [0.05, 0.1) is 12.1 Å². The molecule has 0 unspecified atom stereocenters. The second-order valence-corrected chi connectivity index (χ2v) is 2.74. The number of nitrogens with zero attached hydrogens (tertiary/aromatic N) is 1. The number of hydrogen-bond donors (Lipinski definition) is 3. The first-order valence-corrected chi connectivity index (χ1v) is 3.97. The van der Waals surface area contributed by atoms with E-state index in [1.165, 1.54) is 12.1 Å². The number of aromatic carboxylic acids is 1. The summed E-state index contributed by atoms with van der Waals surface area (Å²) in [7, 11) is 0. The molecule has 82 valence electrons. The number of guanidine groups is 1. The number of benzene rings is 1. The van der Waals surface area contributed by atoms with Crippen LogP contribution in [0.4, 0.5) is 0 Å². The Balaban J connectivity index is 0.00000196. The van der Waals surface area contributed by atoms with Gasteiger partial charge in [-0.1, -0.05) is 12.1 Å². The Bertz CT molecular complexity index is 355. The van der Waals surface area contributed by atoms with Crippen molar-refractivity contribution in [1.29, 1.82) is 0 Å². The van der Waals surface area contributed by atoms with Crippen molar-refractivity contribution in [2.24, 2.45) is 16.5 Å². The van der Waals surface area contributed by atoms with Crippen LogP contribution < -0.4 is 11.5 Å². The Hall–Kier alpha value is -2.08. The molecule has 0 heterocycles. The topological polar surface area (TPSA) is 133 Å². The molecule has 0 bridgehead atoms. The van der Waals surface area contributed by atoms with Crippen molar-refractivity contribution in [2.75, 3.05) is 0 Å². The van der Waals surface area contributed by atoms with Gasteiger partial charge in [0.2, 0.25) is 0 Å². The minimum atomic E-state index is -0.946. The summed E-state index contributed by atoms with van der Waals surface area (Å²) in [4.78, 5) is 14.3. The lowest BCUT2D eigenvalue weighted by atomic mass is 10.1. The first kappa shape index (κ1) is 12.9. The number of nitrogens with two attached hydrogens (primary N) is 2. The minimum absolute atomic E-state index is 0. The Kier molecular flexibility index (Phi) is 4.83. The van der Waals surface area contributed by atoms with Gasteiger partial charge in [0.15, 0.2) is 5.96 Å². The molecule has 0 aliphatic rings. The highest BCUT2D eigenvalue weighted by Crippen LogP contribution is 2.05. The highest BCUT2D eigenvalue weighted by atomic mass is 16.4. The maximum absolute atomic E-state index is 10.5. The van der Waals surface area contributed by atoms with Crippen molar-refractivity contribution < 1.29 is 15.4 Å². The van der Waals surface area contributed by atoms with Crippen LogP contribution in [0.2, 0.25) is 0 Å². The van der Waals surface area contributed by atoms with E-state index in [-0.39, 0.29) is 17.0 Å². The van der Waals surface area contributed by atoms with Crippen LogP contribution in [0, 0.1) is 0 Å². The molecular weight excluding hydrogens is 198 g/mol. The Morgan fingerprint density at radius 2 is 1.80 bits per heavy atom. The molecule has 0 atom stereocenters. The van der Waals surface area contributed by atoms with Crippen LogP contribution in [-0.2, 0) is 6.54 Å². The van der Waals surface area contributed by atoms with Crippen LogP contribution in [0.25, 0.3) is 0 Å². The number of carboxylic acid groups (broad SMARTS) is 1. The average molecular weight is 211 g/mol. The molecule has 6 nitrogen and oxygen atoms in total. The normalized spacial score (nSPS) is 8.80. The van der Waals surface area contributed by atoms with E-state index in [4.69, 9.17) is 16.6 Å². The molecule has 7 N–H and O–H groups in total. The van der Waals surface area contributed by atoms with Gasteiger partial charge in [0, 0.05) is 0 Å². The van der Waals surface area contributed by atoms with Crippen molar-refractivity contribution in [2.45, 2.75) is 6.54 Å². The number of carbonyl (C=O) groups is 1. The van der Waals surface area contributed by atoms with Crippen molar-refractivity contribution in [1.82, 2.24) is 0 Å². The molecule has 0 fully saturated rings. The fourth-order valence-electron chi connectivity index (χ4n) is 0.935. The van der Waals surface area contributed by atoms with Gasteiger partial charge in [-0.05, 0) is 17.7 Å². The van der Waals surface area contributed by atoms with Crippen LogP contribution in [0.1, 0.15) is 15.9 Å². The minimum Gasteiger partial charge on any atom is -0.478 e. The summed E-state index contributed by atoms with van der Waals surface area (Å²) >= 11 is 0. The van der Waals surface area contributed by atoms with Crippen LogP contribution in [-0.4, -0.2) is 22.5 Å². The lowest BCUT2D eigenvalue weighted by Crippen LogP contribution is -2.22. The third-order valence-electron chi connectivity index (χ3n) is 1.65. The zero-order valence-electron chi connectivity index (χ0n) is 7.97. The van der Waals surface area contributed by atoms with E-state index in [0.29, 0.717) is 6.54 Å². The van der Waals surface area contributed by atoms with E-state index in [9.17, 15) is 4.79 Å². The first-order valence-electron chi connectivity index (χ1n) is 3.97. The highest BCUT2D eigenvalue weighted by Gasteiger charge is 2.00. The van der Waals surface area contributed by atoms with Gasteiger partial charge < -0.3 is 22.1 Å². The molecule has 1 rings (SSSR count). The summed E-state index contributed by atoms with van der Waals surface area (Å²) in [5.74, 6) is -0.925. The highest BCUT2D eigenvalue weighted by molar-refractivity contribution is 5.87. The summed E-state index contributed by atoms with van der Waals surface area (Å²) < 4.78 is 0. The third kappa shape index (κ3) is 4.10. The van der Waals surface area contributed by atoms with E-state index in [0.717, 1.165) is 5.56 Å². The standard InChI is InChI=1S/C9H11N3O2.H2O/c10-9(11)12-5-6-1-3-7(4-2-6)8(13)14;/h1-4H,5H2,(H,13,14)(H4,10,11,12);1H2. The van der Waals surface area contributed by atoms with Crippen LogP contribution in [0.3, 0.4) is 0 Å². The Morgan fingerprint density at radius 1 is 1.27 bits per heavy atom. The molecule has 0 aliphatic heterocycles. The van der Waals surface area contributed by atoms with Gasteiger partial charge in [-0.2, -0.15) is 0 Å². The fourth-order valence-corrected chi connectivity index (χ4v) is 0.935. The predicted molar refractivity (Wildman–Crippen MR) is 56.5 cm³/mol. The van der Waals surface area contributed by atoms with E-state index in [2.05, 4.69) is 4.99 Å². The summed E-state index contributed by atoms with van der Waals surface area (Å²) in [6, 6.07) is 6.38. The zero-order valence-corrected chi connectivity index (χ0v) is 7.97. The van der Waals surface area contributed by atoms with Crippen molar-refractivity contribution in [3.8, 4) is 0 Å². The fraction of sp³-hybridized carbons (Fsp3) is 0.111. The quantitative estimate of drug-likeness (QED) is 0.451. The van der Waals surface area contributed by atoms with Gasteiger partial charge >= 0.3 is 5.97 Å². The monoisotopic (exact) mass is 211 g/mol. The summed E-state index contributed by atoms with van der Waals surface area (Å²) in [6.45, 7) is 0.363. The lowest BCUT2D eigenvalue weighted by molar-refractivity contribution is 0.0697. The Labute approximate surface area is 86.5 Å². The molecule has 0 aliphatic carbocycles. The summed E-state index contributed by atoms with van der Waals surface area (Å²) in [5, 5.41) is 8.63. The molecule has 1 aromatic rings. The second kappa shape index (κ2) is 5.61. The second-order valence-electron chi connectivity index (χ2n) is 2.74. The SMILES string of the molecule is NC(N)=NCc1ccc(C(=O)O)cc1.O. The molecule has 0 amide bonds. The lowest BCUT2D eigenvalue weighted by Gasteiger charge is -1.98. The van der Waals surface area contributed by atoms with E-state index in [1.54, 1.807) is 12.1 Å². The molecule has 1 aromatic carbocycles. The van der Waals surface area contributed by atoms with E-state index in [1.807, 2.05) is 0 Å². The average Bonchev–Trinajstić information content (AvgIpc) is 2.15. The van der Waals surface area contributed by atoms with Gasteiger partial charge in [0.1, 0.15) is 0 Å². The van der Waals surface area contributed by atoms with Gasteiger partial charge in [0.25, 0.3) is 0 Å². The largest absolute Gasteiger partial charge is 0.478 e. The molecule has 0 spiro atoms. The maximum atomic E-state index is 10.5. The van der Waals surface area contributed by atoms with Crippen molar-refractivity contribution in [3.05, 3.63) is 35.4 Å². The molecule has 6 heteroatoms. The van der Waals surface area contributed by atoms with Crippen molar-refractivity contribution >= 4 is 11.9 Å². The smallest absolute Gasteiger partial charge is 0.335 e. The summed E-state index contributed by atoms with van der Waals surface area (Å²) in [6.07, 6.45) is 0. The van der Waals surface area contributed by atoms with Crippen LogP contribution in [0.5, 0.6) is 0 Å². The van der Waals surface area contributed by atoms with E-state index >= 15 is 0 Å². The maximum Gasteiger partial charge on any atom is 0.335 e. The van der Waals surface area contributed by atoms with Gasteiger partial charge in [-0.25, -0.2) is 9.79 Å². The molecule has 0 saturated heterocycles. The number of hydrogen-bond acceptors (Lipinski definition) is 2. The molecular formula is C9H13N3O3. The third-order valence-corrected chi connectivity index (χ3v) is 1.65. The number of carboxylic acids is 1. The van der Waals surface area contributed by atoms with Crippen LogP contribution in [0.15, 0.2) is 29.3 Å².